The number of piperazine rings is 1. The molecule has 2 heterocycles. The Morgan fingerprint density at radius 1 is 1.04 bits per heavy atom. The summed E-state index contributed by atoms with van der Waals surface area (Å²) >= 11 is 0. The van der Waals surface area contributed by atoms with Gasteiger partial charge in [0.1, 0.15) is 6.04 Å². The summed E-state index contributed by atoms with van der Waals surface area (Å²) in [6.45, 7) is 12.9. The quantitative estimate of drug-likeness (QED) is 0.681. The number of rotatable bonds is 6. The van der Waals surface area contributed by atoms with Crippen LogP contribution in [0.25, 0.3) is 0 Å². The average molecular weight is 339 g/mol. The first-order valence-corrected chi connectivity index (χ1v) is 9.45. The van der Waals surface area contributed by atoms with E-state index in [1.165, 1.54) is 0 Å². The summed E-state index contributed by atoms with van der Waals surface area (Å²) in [5.41, 5.74) is 0. The summed E-state index contributed by atoms with van der Waals surface area (Å²) < 4.78 is 5.10. The van der Waals surface area contributed by atoms with Crippen LogP contribution in [-0.2, 0) is 14.3 Å². The molecule has 0 bridgehead atoms. The molecule has 0 saturated carbocycles. The first-order chi connectivity index (χ1) is 11.5. The van der Waals surface area contributed by atoms with Crippen molar-refractivity contribution in [1.29, 1.82) is 0 Å². The fourth-order valence-corrected chi connectivity index (χ4v) is 3.65. The summed E-state index contributed by atoms with van der Waals surface area (Å²) in [5.74, 6) is 0.621. The highest BCUT2D eigenvalue weighted by Gasteiger charge is 2.29. The van der Waals surface area contributed by atoms with Gasteiger partial charge in [-0.2, -0.15) is 0 Å². The van der Waals surface area contributed by atoms with Gasteiger partial charge in [-0.25, -0.2) is 0 Å². The summed E-state index contributed by atoms with van der Waals surface area (Å²) in [6, 6.07) is -0.177. The van der Waals surface area contributed by atoms with Crippen molar-refractivity contribution in [2.45, 2.75) is 46.1 Å². The highest BCUT2D eigenvalue weighted by molar-refractivity contribution is 5.76. The van der Waals surface area contributed by atoms with Gasteiger partial charge in [-0.05, 0) is 52.2 Å². The molecule has 2 aliphatic heterocycles. The summed E-state index contributed by atoms with van der Waals surface area (Å²) in [4.78, 5) is 30.9. The van der Waals surface area contributed by atoms with E-state index in [0.29, 0.717) is 24.9 Å². The third kappa shape index (κ3) is 5.18. The average Bonchev–Trinajstić information content (AvgIpc) is 2.62. The molecule has 138 valence electrons. The topological polar surface area (TPSA) is 53.1 Å². The van der Waals surface area contributed by atoms with Gasteiger partial charge >= 0.3 is 5.97 Å². The molecule has 0 radical (unpaired) electrons. The normalized spacial score (nSPS) is 22.4. The zero-order valence-corrected chi connectivity index (χ0v) is 15.5. The van der Waals surface area contributed by atoms with E-state index in [-0.39, 0.29) is 12.0 Å². The van der Waals surface area contributed by atoms with E-state index in [9.17, 15) is 9.59 Å². The lowest BCUT2D eigenvalue weighted by Gasteiger charge is -2.37. The number of ether oxygens (including phenoxy) is 1. The van der Waals surface area contributed by atoms with Crippen molar-refractivity contribution in [2.75, 3.05) is 52.4 Å². The van der Waals surface area contributed by atoms with Crippen LogP contribution in [0.5, 0.6) is 0 Å². The van der Waals surface area contributed by atoms with E-state index in [1.807, 2.05) is 18.7 Å². The number of likely N-dealkylation sites (tertiary alicyclic amines) is 1. The van der Waals surface area contributed by atoms with Crippen LogP contribution in [0.4, 0.5) is 0 Å². The molecule has 0 unspecified atom stereocenters. The molecule has 2 fully saturated rings. The SMILES string of the molecule is CCOC(=O)[C@@H](C)N1CCC(CC(=O)N2CCN(CC)CC2)CC1. The third-order valence-corrected chi connectivity index (χ3v) is 5.46. The molecule has 2 aliphatic rings. The fraction of sp³-hybridized carbons (Fsp3) is 0.889. The Hall–Kier alpha value is -1.14. The third-order valence-electron chi connectivity index (χ3n) is 5.46. The van der Waals surface area contributed by atoms with Crippen molar-refractivity contribution in [3.63, 3.8) is 0 Å². The molecular formula is C18H33N3O3. The number of hydrogen-bond donors (Lipinski definition) is 0. The molecule has 2 rings (SSSR count). The predicted octanol–water partition coefficient (Wildman–Crippen LogP) is 1.20. The summed E-state index contributed by atoms with van der Waals surface area (Å²) in [5, 5.41) is 0. The van der Waals surface area contributed by atoms with Gasteiger partial charge in [-0.3, -0.25) is 14.5 Å². The van der Waals surface area contributed by atoms with E-state index < -0.39 is 0 Å². The first-order valence-electron chi connectivity index (χ1n) is 9.45. The maximum atomic E-state index is 12.5. The van der Waals surface area contributed by atoms with Gasteiger partial charge in [0.05, 0.1) is 6.61 Å². The molecular weight excluding hydrogens is 306 g/mol. The molecule has 0 aromatic heterocycles. The number of hydrogen-bond acceptors (Lipinski definition) is 5. The number of likely N-dealkylation sites (N-methyl/N-ethyl adjacent to an activating group) is 1. The molecule has 2 saturated heterocycles. The molecule has 1 atom stereocenters. The Bertz CT molecular complexity index is 414. The smallest absolute Gasteiger partial charge is 0.323 e. The Morgan fingerprint density at radius 3 is 2.21 bits per heavy atom. The molecule has 1 amide bonds. The molecule has 0 aromatic rings. The zero-order chi connectivity index (χ0) is 17.5. The van der Waals surface area contributed by atoms with Crippen molar-refractivity contribution in [1.82, 2.24) is 14.7 Å². The number of esters is 1. The van der Waals surface area contributed by atoms with Crippen LogP contribution in [0.2, 0.25) is 0 Å². The number of carbonyl (C=O) groups is 2. The Balaban J connectivity index is 1.71. The largest absolute Gasteiger partial charge is 0.465 e. The molecule has 24 heavy (non-hydrogen) atoms. The van der Waals surface area contributed by atoms with Gasteiger partial charge in [0, 0.05) is 32.6 Å². The molecule has 6 nitrogen and oxygen atoms in total. The van der Waals surface area contributed by atoms with Crippen LogP contribution < -0.4 is 0 Å². The number of carbonyl (C=O) groups excluding carboxylic acids is 2. The molecule has 0 aliphatic carbocycles. The lowest BCUT2D eigenvalue weighted by atomic mass is 9.92. The van der Waals surface area contributed by atoms with Gasteiger partial charge in [-0.1, -0.05) is 6.92 Å². The van der Waals surface area contributed by atoms with Crippen LogP contribution in [-0.4, -0.2) is 85.0 Å². The van der Waals surface area contributed by atoms with Gasteiger partial charge in [0.2, 0.25) is 5.91 Å². The van der Waals surface area contributed by atoms with Crippen LogP contribution >= 0.6 is 0 Å². The number of piperidine rings is 1. The van der Waals surface area contributed by atoms with Crippen LogP contribution in [0, 0.1) is 5.92 Å². The van der Waals surface area contributed by atoms with Gasteiger partial charge < -0.3 is 14.5 Å². The highest BCUT2D eigenvalue weighted by atomic mass is 16.5. The molecule has 6 heteroatoms. The van der Waals surface area contributed by atoms with Crippen LogP contribution in [0.3, 0.4) is 0 Å². The minimum absolute atomic E-state index is 0.138. The zero-order valence-electron chi connectivity index (χ0n) is 15.5. The van der Waals surface area contributed by atoms with Crippen molar-refractivity contribution < 1.29 is 14.3 Å². The summed E-state index contributed by atoms with van der Waals surface area (Å²) in [7, 11) is 0. The second kappa shape index (κ2) is 9.37. The van der Waals surface area contributed by atoms with Gasteiger partial charge in [0.25, 0.3) is 0 Å². The van der Waals surface area contributed by atoms with Crippen molar-refractivity contribution in [3.8, 4) is 0 Å². The minimum Gasteiger partial charge on any atom is -0.465 e. The maximum absolute atomic E-state index is 12.5. The lowest BCUT2D eigenvalue weighted by molar-refractivity contribution is -0.149. The van der Waals surface area contributed by atoms with E-state index in [0.717, 1.165) is 58.7 Å². The van der Waals surface area contributed by atoms with E-state index >= 15 is 0 Å². The van der Waals surface area contributed by atoms with E-state index in [4.69, 9.17) is 4.74 Å². The van der Waals surface area contributed by atoms with Gasteiger partial charge in [0.15, 0.2) is 0 Å². The van der Waals surface area contributed by atoms with Crippen molar-refractivity contribution in [2.24, 2.45) is 5.92 Å². The number of amides is 1. The summed E-state index contributed by atoms with van der Waals surface area (Å²) in [6.07, 6.45) is 2.64. The van der Waals surface area contributed by atoms with E-state index in [2.05, 4.69) is 16.7 Å². The molecule has 0 spiro atoms. The van der Waals surface area contributed by atoms with Gasteiger partial charge in [-0.15, -0.1) is 0 Å². The standard InChI is InChI=1S/C18H33N3O3/c1-4-19-10-12-21(13-11-19)17(22)14-16-6-8-20(9-7-16)15(3)18(23)24-5-2/h15-16H,4-14H2,1-3H3/t15-/m1/s1. The predicted molar refractivity (Wildman–Crippen MR) is 93.7 cm³/mol. The Kier molecular flexibility index (Phi) is 7.49. The second-order valence-corrected chi connectivity index (χ2v) is 6.93. The van der Waals surface area contributed by atoms with Crippen LogP contribution in [0.15, 0.2) is 0 Å². The first kappa shape index (κ1) is 19.2. The van der Waals surface area contributed by atoms with E-state index in [1.54, 1.807) is 0 Å². The second-order valence-electron chi connectivity index (χ2n) is 6.93. The minimum atomic E-state index is -0.177. The molecule has 0 N–H and O–H groups in total. The Labute approximate surface area is 146 Å². The highest BCUT2D eigenvalue weighted by Crippen LogP contribution is 2.23. The molecule has 0 aromatic carbocycles. The number of nitrogens with zero attached hydrogens (tertiary/aromatic N) is 3. The van der Waals surface area contributed by atoms with Crippen molar-refractivity contribution in [3.05, 3.63) is 0 Å². The van der Waals surface area contributed by atoms with Crippen LogP contribution in [0.1, 0.15) is 40.0 Å². The Morgan fingerprint density at radius 2 is 1.67 bits per heavy atom. The lowest BCUT2D eigenvalue weighted by Crippen LogP contribution is -2.49. The fourth-order valence-electron chi connectivity index (χ4n) is 3.65. The van der Waals surface area contributed by atoms with Crippen molar-refractivity contribution >= 4 is 11.9 Å². The monoisotopic (exact) mass is 339 g/mol. The maximum Gasteiger partial charge on any atom is 0.323 e.